The van der Waals surface area contributed by atoms with Crippen LogP contribution in [0, 0.1) is 5.82 Å². The number of amides is 1. The zero-order valence-corrected chi connectivity index (χ0v) is 16.4. The van der Waals surface area contributed by atoms with Crippen molar-refractivity contribution >= 4 is 21.8 Å². The van der Waals surface area contributed by atoms with Crippen LogP contribution in [-0.2, 0) is 21.2 Å². The molecule has 0 unspecified atom stereocenters. The molecule has 1 atom stereocenters. The van der Waals surface area contributed by atoms with Crippen molar-refractivity contribution in [2.75, 3.05) is 18.6 Å². The SMILES string of the molecule is COc1ccc(/C=C/C(=O)N(Cc2ccc(F)cc2)[C@@H]2CCS(=O)(=O)C2)cc1. The Labute approximate surface area is 164 Å². The number of methoxy groups -OCH3 is 1. The molecule has 0 aliphatic carbocycles. The Morgan fingerprint density at radius 1 is 1.18 bits per heavy atom. The van der Waals surface area contributed by atoms with Crippen LogP contribution >= 0.6 is 0 Å². The van der Waals surface area contributed by atoms with E-state index < -0.39 is 9.84 Å². The summed E-state index contributed by atoms with van der Waals surface area (Å²) in [6.45, 7) is 0.228. The van der Waals surface area contributed by atoms with Crippen molar-refractivity contribution in [2.45, 2.75) is 19.0 Å². The molecule has 0 bridgehead atoms. The molecule has 0 spiro atoms. The van der Waals surface area contributed by atoms with E-state index in [0.717, 1.165) is 16.9 Å². The highest BCUT2D eigenvalue weighted by Gasteiger charge is 2.34. The first-order valence-electron chi connectivity index (χ1n) is 8.94. The standard InChI is InChI=1S/C21H22FNO4S/c1-27-20-9-4-16(5-10-20)6-11-21(24)23(19-12-13-28(25,26)15-19)14-17-2-7-18(22)8-3-17/h2-11,19H,12-15H2,1H3/b11-6+/t19-/m1/s1. The molecular formula is C21H22FNO4S. The molecule has 0 radical (unpaired) electrons. The van der Waals surface area contributed by atoms with E-state index in [2.05, 4.69) is 0 Å². The van der Waals surface area contributed by atoms with Crippen molar-refractivity contribution in [3.63, 3.8) is 0 Å². The minimum absolute atomic E-state index is 0.0453. The zero-order chi connectivity index (χ0) is 20.1. The highest BCUT2D eigenvalue weighted by molar-refractivity contribution is 7.91. The van der Waals surface area contributed by atoms with E-state index in [0.29, 0.717) is 6.42 Å². The van der Waals surface area contributed by atoms with Gasteiger partial charge in [0, 0.05) is 18.7 Å². The molecule has 5 nitrogen and oxygen atoms in total. The van der Waals surface area contributed by atoms with Crippen LogP contribution in [0.3, 0.4) is 0 Å². The first-order valence-corrected chi connectivity index (χ1v) is 10.8. The molecule has 1 saturated heterocycles. The van der Waals surface area contributed by atoms with Crippen molar-refractivity contribution in [3.05, 3.63) is 71.6 Å². The molecule has 1 aliphatic heterocycles. The van der Waals surface area contributed by atoms with Gasteiger partial charge in [0.25, 0.3) is 0 Å². The second kappa shape index (κ2) is 8.56. The lowest BCUT2D eigenvalue weighted by molar-refractivity contribution is -0.128. The summed E-state index contributed by atoms with van der Waals surface area (Å²) in [6.07, 6.45) is 3.53. The van der Waals surface area contributed by atoms with Gasteiger partial charge in [-0.2, -0.15) is 0 Å². The molecule has 1 amide bonds. The van der Waals surface area contributed by atoms with Gasteiger partial charge in [-0.3, -0.25) is 4.79 Å². The lowest BCUT2D eigenvalue weighted by atomic mass is 10.1. The first kappa shape index (κ1) is 20.1. The average molecular weight is 403 g/mol. The van der Waals surface area contributed by atoms with E-state index in [-0.39, 0.29) is 35.8 Å². The predicted molar refractivity (Wildman–Crippen MR) is 106 cm³/mol. The van der Waals surface area contributed by atoms with E-state index in [9.17, 15) is 17.6 Å². The second-order valence-corrected chi connectivity index (χ2v) is 8.98. The van der Waals surface area contributed by atoms with Crippen LogP contribution in [-0.4, -0.2) is 43.9 Å². The van der Waals surface area contributed by atoms with Crippen LogP contribution in [0.2, 0.25) is 0 Å². The smallest absolute Gasteiger partial charge is 0.247 e. The molecule has 2 aromatic rings. The summed E-state index contributed by atoms with van der Waals surface area (Å²) in [5, 5.41) is 0. The minimum atomic E-state index is -3.14. The summed E-state index contributed by atoms with van der Waals surface area (Å²) >= 11 is 0. The number of ether oxygens (including phenoxy) is 1. The maximum Gasteiger partial charge on any atom is 0.247 e. The quantitative estimate of drug-likeness (QED) is 0.696. The molecule has 1 aliphatic rings. The van der Waals surface area contributed by atoms with Crippen LogP contribution in [0.5, 0.6) is 5.75 Å². The fourth-order valence-corrected chi connectivity index (χ4v) is 4.90. The van der Waals surface area contributed by atoms with Gasteiger partial charge in [0.2, 0.25) is 5.91 Å². The van der Waals surface area contributed by atoms with Gasteiger partial charge in [0.05, 0.1) is 18.6 Å². The van der Waals surface area contributed by atoms with Crippen molar-refractivity contribution < 1.29 is 22.3 Å². The maximum absolute atomic E-state index is 13.2. The third-order valence-corrected chi connectivity index (χ3v) is 6.48. The Balaban J connectivity index is 1.79. The van der Waals surface area contributed by atoms with Crippen LogP contribution in [0.4, 0.5) is 4.39 Å². The third kappa shape index (κ3) is 5.19. The van der Waals surface area contributed by atoms with Crippen LogP contribution in [0.1, 0.15) is 17.5 Å². The summed E-state index contributed by atoms with van der Waals surface area (Å²) in [6, 6.07) is 12.7. The van der Waals surface area contributed by atoms with Gasteiger partial charge < -0.3 is 9.64 Å². The highest BCUT2D eigenvalue weighted by Crippen LogP contribution is 2.21. The van der Waals surface area contributed by atoms with Gasteiger partial charge in [0.1, 0.15) is 11.6 Å². The number of sulfone groups is 1. The van der Waals surface area contributed by atoms with Crippen LogP contribution < -0.4 is 4.74 Å². The molecule has 3 rings (SSSR count). The monoisotopic (exact) mass is 403 g/mol. The molecule has 0 saturated carbocycles. The summed E-state index contributed by atoms with van der Waals surface area (Å²) in [7, 11) is -1.56. The van der Waals surface area contributed by atoms with Gasteiger partial charge in [-0.15, -0.1) is 0 Å². The predicted octanol–water partition coefficient (Wildman–Crippen LogP) is 3.06. The number of carbonyl (C=O) groups is 1. The first-order chi connectivity index (χ1) is 13.4. The second-order valence-electron chi connectivity index (χ2n) is 6.76. The Morgan fingerprint density at radius 2 is 1.86 bits per heavy atom. The van der Waals surface area contributed by atoms with Crippen LogP contribution in [0.15, 0.2) is 54.6 Å². The molecule has 2 aromatic carbocycles. The Hall–Kier alpha value is -2.67. The number of carbonyl (C=O) groups excluding carboxylic acids is 1. The van der Waals surface area contributed by atoms with Gasteiger partial charge in [-0.25, -0.2) is 12.8 Å². The lowest BCUT2D eigenvalue weighted by Crippen LogP contribution is -2.39. The van der Waals surface area contributed by atoms with E-state index >= 15 is 0 Å². The summed E-state index contributed by atoms with van der Waals surface area (Å²) < 4.78 is 42.1. The number of rotatable bonds is 6. The zero-order valence-electron chi connectivity index (χ0n) is 15.5. The number of halogens is 1. The van der Waals surface area contributed by atoms with Crippen molar-refractivity contribution in [1.29, 1.82) is 0 Å². The fraction of sp³-hybridized carbons (Fsp3) is 0.286. The van der Waals surface area contributed by atoms with Gasteiger partial charge in [0.15, 0.2) is 9.84 Å². The maximum atomic E-state index is 13.2. The Bertz CT molecular complexity index is 953. The van der Waals surface area contributed by atoms with E-state index in [1.807, 2.05) is 12.1 Å². The largest absolute Gasteiger partial charge is 0.497 e. The van der Waals surface area contributed by atoms with Gasteiger partial charge >= 0.3 is 0 Å². The Morgan fingerprint density at radius 3 is 2.43 bits per heavy atom. The molecule has 28 heavy (non-hydrogen) atoms. The normalized spacial score (nSPS) is 18.3. The molecule has 1 fully saturated rings. The van der Waals surface area contributed by atoms with Gasteiger partial charge in [-0.1, -0.05) is 24.3 Å². The summed E-state index contributed by atoms with van der Waals surface area (Å²) in [5.74, 6) is 0.118. The van der Waals surface area contributed by atoms with Crippen molar-refractivity contribution in [3.8, 4) is 5.75 Å². The number of benzene rings is 2. The number of hydrogen-bond donors (Lipinski definition) is 0. The number of hydrogen-bond acceptors (Lipinski definition) is 4. The number of nitrogens with zero attached hydrogens (tertiary/aromatic N) is 1. The Kier molecular flexibility index (Phi) is 6.14. The minimum Gasteiger partial charge on any atom is -0.497 e. The van der Waals surface area contributed by atoms with Gasteiger partial charge in [-0.05, 0) is 47.9 Å². The molecule has 0 aromatic heterocycles. The molecule has 148 valence electrons. The summed E-state index contributed by atoms with van der Waals surface area (Å²) in [4.78, 5) is 14.4. The summed E-state index contributed by atoms with van der Waals surface area (Å²) in [5.41, 5.74) is 1.58. The van der Waals surface area contributed by atoms with E-state index in [4.69, 9.17) is 4.74 Å². The molecule has 7 heteroatoms. The molecular weight excluding hydrogens is 381 g/mol. The van der Waals surface area contributed by atoms with E-state index in [1.165, 1.54) is 18.2 Å². The molecule has 0 N–H and O–H groups in total. The average Bonchev–Trinajstić information content (AvgIpc) is 3.05. The van der Waals surface area contributed by atoms with E-state index in [1.54, 1.807) is 42.4 Å². The third-order valence-electron chi connectivity index (χ3n) is 4.73. The molecule has 1 heterocycles. The topological polar surface area (TPSA) is 63.7 Å². The fourth-order valence-electron chi connectivity index (χ4n) is 3.17. The lowest BCUT2D eigenvalue weighted by Gasteiger charge is -2.27. The highest BCUT2D eigenvalue weighted by atomic mass is 32.2. The van der Waals surface area contributed by atoms with Crippen molar-refractivity contribution in [1.82, 2.24) is 4.90 Å². The van der Waals surface area contributed by atoms with Crippen molar-refractivity contribution in [2.24, 2.45) is 0 Å². The van der Waals surface area contributed by atoms with Crippen LogP contribution in [0.25, 0.3) is 6.08 Å².